The average molecular weight is 347 g/mol. The van der Waals surface area contributed by atoms with E-state index in [-0.39, 0.29) is 5.91 Å². The Morgan fingerprint density at radius 3 is 3.06 bits per heavy atom. The summed E-state index contributed by atoms with van der Waals surface area (Å²) in [5.74, 6) is 0.231. The van der Waals surface area contributed by atoms with Crippen LogP contribution in [0, 0.1) is 0 Å². The molecule has 16 heavy (non-hydrogen) atoms. The van der Waals surface area contributed by atoms with Crippen molar-refractivity contribution in [2.75, 3.05) is 11.9 Å². The first kappa shape index (κ1) is 11.6. The minimum atomic E-state index is -0.169. The summed E-state index contributed by atoms with van der Waals surface area (Å²) < 4.78 is 2.67. The number of fused-ring (bicyclic) bond motifs is 1. The molecule has 0 aromatic carbocycles. The van der Waals surface area contributed by atoms with Crippen molar-refractivity contribution in [3.63, 3.8) is 0 Å². The van der Waals surface area contributed by atoms with Gasteiger partial charge in [0.05, 0.1) is 11.7 Å². The molecule has 4 nitrogen and oxygen atoms in total. The third-order valence-electron chi connectivity index (χ3n) is 2.07. The highest BCUT2D eigenvalue weighted by Crippen LogP contribution is 2.13. The second kappa shape index (κ2) is 4.97. The first-order valence-corrected chi connectivity index (χ1v) is 6.60. The predicted octanol–water partition coefficient (Wildman–Crippen LogP) is 2.22. The maximum Gasteiger partial charge on any atom is 0.287 e. The van der Waals surface area contributed by atoms with Crippen LogP contribution in [0.2, 0.25) is 0 Å². The zero-order valence-electron chi connectivity index (χ0n) is 8.28. The molecule has 0 saturated heterocycles. The minimum absolute atomic E-state index is 0.169. The monoisotopic (exact) mass is 345 g/mol. The normalized spacial score (nSPS) is 10.6. The van der Waals surface area contributed by atoms with Crippen molar-refractivity contribution < 1.29 is 4.79 Å². The van der Waals surface area contributed by atoms with Gasteiger partial charge in [0, 0.05) is 22.5 Å². The maximum absolute atomic E-state index is 11.8. The summed E-state index contributed by atoms with van der Waals surface area (Å²) in [5.41, 5.74) is 0.896. The molecule has 1 N–H and O–H groups in total. The number of aromatic nitrogens is 2. The van der Waals surface area contributed by atoms with Gasteiger partial charge in [0.15, 0.2) is 0 Å². The number of nitrogens with one attached hydrogen (secondary N) is 1. The molecule has 84 valence electrons. The second-order valence-corrected chi connectivity index (χ2v) is 4.88. The lowest BCUT2D eigenvalue weighted by atomic mass is 10.4. The van der Waals surface area contributed by atoms with Crippen LogP contribution in [0.15, 0.2) is 29.0 Å². The molecule has 0 aliphatic rings. The number of imidazole rings is 1. The molecule has 0 saturated carbocycles. The van der Waals surface area contributed by atoms with Crippen molar-refractivity contribution in [3.05, 3.63) is 34.8 Å². The van der Waals surface area contributed by atoms with Gasteiger partial charge in [-0.05, 0) is 28.1 Å². The van der Waals surface area contributed by atoms with Crippen molar-refractivity contribution in [2.45, 2.75) is 0 Å². The van der Waals surface area contributed by atoms with Crippen molar-refractivity contribution in [1.29, 1.82) is 0 Å². The number of amides is 1. The van der Waals surface area contributed by atoms with Crippen molar-refractivity contribution in [1.82, 2.24) is 14.7 Å². The van der Waals surface area contributed by atoms with Crippen molar-refractivity contribution in [3.8, 4) is 0 Å². The van der Waals surface area contributed by atoms with Crippen LogP contribution in [0.4, 0.5) is 0 Å². The molecular formula is C10H9Br2N3O. The van der Waals surface area contributed by atoms with E-state index in [0.717, 1.165) is 15.3 Å². The van der Waals surface area contributed by atoms with Crippen molar-refractivity contribution >= 4 is 43.3 Å². The number of carbonyl (C=O) groups is 1. The molecule has 2 aromatic rings. The maximum atomic E-state index is 11.8. The highest BCUT2D eigenvalue weighted by Gasteiger charge is 2.11. The molecule has 2 aromatic heterocycles. The highest BCUT2D eigenvalue weighted by molar-refractivity contribution is 9.10. The second-order valence-electron chi connectivity index (χ2n) is 3.17. The van der Waals surface area contributed by atoms with Crippen LogP contribution in [0.1, 0.15) is 10.6 Å². The Labute approximate surface area is 109 Å². The molecule has 0 aliphatic heterocycles. The van der Waals surface area contributed by atoms with Crippen LogP contribution in [0.5, 0.6) is 0 Å². The van der Waals surface area contributed by atoms with Crippen LogP contribution in [-0.2, 0) is 0 Å². The molecule has 0 atom stereocenters. The lowest BCUT2D eigenvalue weighted by molar-refractivity contribution is 0.0945. The Morgan fingerprint density at radius 2 is 2.31 bits per heavy atom. The molecule has 0 unspecified atom stereocenters. The van der Waals surface area contributed by atoms with Crippen LogP contribution in [-0.4, -0.2) is 27.2 Å². The number of hydrogen-bond donors (Lipinski definition) is 1. The fourth-order valence-electron chi connectivity index (χ4n) is 1.37. The number of rotatable bonds is 3. The van der Waals surface area contributed by atoms with E-state index in [1.165, 1.54) is 0 Å². The molecule has 0 radical (unpaired) electrons. The first-order valence-electron chi connectivity index (χ1n) is 4.69. The van der Waals surface area contributed by atoms with Gasteiger partial charge in [0.1, 0.15) is 0 Å². The Kier molecular flexibility index (Phi) is 3.60. The quantitative estimate of drug-likeness (QED) is 0.866. The standard InChI is InChI=1S/C10H9Br2N3O/c11-3-4-13-10(16)9-14-5-8-2-1-7(12)6-15(8)9/h1-2,5-6H,3-4H2,(H,13,16). The Balaban J connectivity index is 2.37. The Bertz CT molecular complexity index is 524. The summed E-state index contributed by atoms with van der Waals surface area (Å²) in [6.45, 7) is 0.585. The Morgan fingerprint density at radius 1 is 1.50 bits per heavy atom. The lowest BCUT2D eigenvalue weighted by Crippen LogP contribution is -2.27. The highest BCUT2D eigenvalue weighted by atomic mass is 79.9. The van der Waals surface area contributed by atoms with E-state index < -0.39 is 0 Å². The van der Waals surface area contributed by atoms with Crippen molar-refractivity contribution in [2.24, 2.45) is 0 Å². The summed E-state index contributed by atoms with van der Waals surface area (Å²) in [7, 11) is 0. The van der Waals surface area contributed by atoms with Crippen LogP contribution in [0.25, 0.3) is 5.52 Å². The van der Waals surface area contributed by atoms with E-state index in [0.29, 0.717) is 12.4 Å². The number of nitrogens with zero attached hydrogens (tertiary/aromatic N) is 2. The van der Waals surface area contributed by atoms with Gasteiger partial charge in [-0.15, -0.1) is 0 Å². The van der Waals surface area contributed by atoms with E-state index in [1.807, 2.05) is 18.3 Å². The molecule has 2 rings (SSSR count). The summed E-state index contributed by atoms with van der Waals surface area (Å²) in [6.07, 6.45) is 3.50. The molecule has 2 heterocycles. The number of carbonyl (C=O) groups excluding carboxylic acids is 1. The number of pyridine rings is 1. The van der Waals surface area contributed by atoms with Crippen LogP contribution >= 0.6 is 31.9 Å². The summed E-state index contributed by atoms with van der Waals surface area (Å²) >= 11 is 6.62. The zero-order valence-corrected chi connectivity index (χ0v) is 11.5. The van der Waals surface area contributed by atoms with Gasteiger partial charge in [0.25, 0.3) is 5.91 Å². The van der Waals surface area contributed by atoms with Gasteiger partial charge in [-0.2, -0.15) is 0 Å². The predicted molar refractivity (Wildman–Crippen MR) is 69.0 cm³/mol. The smallest absolute Gasteiger partial charge is 0.287 e. The van der Waals surface area contributed by atoms with Gasteiger partial charge >= 0.3 is 0 Å². The molecule has 0 spiro atoms. The first-order chi connectivity index (χ1) is 7.72. The van der Waals surface area contributed by atoms with Gasteiger partial charge in [-0.3, -0.25) is 9.20 Å². The van der Waals surface area contributed by atoms with Crippen LogP contribution in [0.3, 0.4) is 0 Å². The summed E-state index contributed by atoms with van der Waals surface area (Å²) in [6, 6.07) is 3.82. The molecular weight excluding hydrogens is 338 g/mol. The molecule has 6 heteroatoms. The molecule has 0 aliphatic carbocycles. The average Bonchev–Trinajstić information content (AvgIpc) is 2.68. The lowest BCUT2D eigenvalue weighted by Gasteiger charge is -2.02. The molecule has 0 fully saturated rings. The van der Waals surface area contributed by atoms with E-state index in [2.05, 4.69) is 42.2 Å². The van der Waals surface area contributed by atoms with E-state index in [9.17, 15) is 4.79 Å². The van der Waals surface area contributed by atoms with E-state index in [4.69, 9.17) is 0 Å². The SMILES string of the molecule is O=C(NCCBr)c1ncc2ccc(Br)cn12. The van der Waals surface area contributed by atoms with E-state index in [1.54, 1.807) is 10.6 Å². The van der Waals surface area contributed by atoms with E-state index >= 15 is 0 Å². The fraction of sp³-hybridized carbons (Fsp3) is 0.200. The third kappa shape index (κ3) is 2.27. The molecule has 0 bridgehead atoms. The Hall–Kier alpha value is -0.880. The van der Waals surface area contributed by atoms with Gasteiger partial charge in [0.2, 0.25) is 5.82 Å². The van der Waals surface area contributed by atoms with Crippen LogP contribution < -0.4 is 5.32 Å². The summed E-state index contributed by atoms with van der Waals surface area (Å²) in [5, 5.41) is 3.49. The number of alkyl halides is 1. The fourth-order valence-corrected chi connectivity index (χ4v) is 1.91. The number of hydrogen-bond acceptors (Lipinski definition) is 2. The summed E-state index contributed by atoms with van der Waals surface area (Å²) in [4.78, 5) is 15.9. The van der Waals surface area contributed by atoms with Gasteiger partial charge in [-0.25, -0.2) is 4.98 Å². The molecule has 1 amide bonds. The third-order valence-corrected chi connectivity index (χ3v) is 2.94. The topological polar surface area (TPSA) is 46.4 Å². The van der Waals surface area contributed by atoms with Gasteiger partial charge in [-0.1, -0.05) is 15.9 Å². The van der Waals surface area contributed by atoms with Gasteiger partial charge < -0.3 is 5.32 Å². The minimum Gasteiger partial charge on any atom is -0.349 e. The number of halogens is 2. The zero-order chi connectivity index (χ0) is 11.5. The largest absolute Gasteiger partial charge is 0.349 e.